The molecule has 2 aromatic carbocycles. The first kappa shape index (κ1) is 40.3. The van der Waals surface area contributed by atoms with Crippen molar-refractivity contribution in [1.82, 2.24) is 10.6 Å². The van der Waals surface area contributed by atoms with Gasteiger partial charge in [0, 0.05) is 11.8 Å². The molecule has 2 aromatic rings. The van der Waals surface area contributed by atoms with E-state index in [9.17, 15) is 29.4 Å². The molecule has 0 aromatic heterocycles. The van der Waals surface area contributed by atoms with Crippen LogP contribution in [0.1, 0.15) is 90.2 Å². The number of carboxylic acid groups (broad SMARTS) is 2. The van der Waals surface area contributed by atoms with Crippen LogP contribution in [-0.2, 0) is 32.0 Å². The number of carbonyl (C=O) groups excluding carboxylic acids is 4. The van der Waals surface area contributed by atoms with Gasteiger partial charge in [-0.15, -0.1) is 0 Å². The molecule has 4 rings (SSSR count). The van der Waals surface area contributed by atoms with Crippen molar-refractivity contribution in [3.63, 3.8) is 0 Å². The van der Waals surface area contributed by atoms with Gasteiger partial charge in [0.15, 0.2) is 0 Å². The minimum absolute atomic E-state index is 0. The summed E-state index contributed by atoms with van der Waals surface area (Å²) in [5, 5.41) is 28.0. The molecule has 2 atom stereocenters. The SMILES string of the molecule is CC(C)C1CCC(C(=O)N[C@H](Cc2ccccc2)C(=O)[O-])CC1.CC(C)C1CCC(C(=O)N[C@H](Cc2ccccc2)C(=O)[O-])CC1.[Mg+2]. The molecule has 9 heteroatoms. The molecule has 8 nitrogen and oxygen atoms in total. The van der Waals surface area contributed by atoms with Crippen LogP contribution < -0.4 is 20.8 Å². The Kier molecular flexibility index (Phi) is 17.5. The summed E-state index contributed by atoms with van der Waals surface area (Å²) in [4.78, 5) is 47.4. The number of amides is 2. The average molecular weight is 657 g/mol. The van der Waals surface area contributed by atoms with Crippen LogP contribution in [0.4, 0.5) is 0 Å². The minimum atomic E-state index is -1.22. The Morgan fingerprint density at radius 1 is 0.574 bits per heavy atom. The topological polar surface area (TPSA) is 138 Å². The largest absolute Gasteiger partial charge is 2.00 e. The van der Waals surface area contributed by atoms with E-state index in [0.29, 0.717) is 23.7 Å². The third kappa shape index (κ3) is 13.6. The van der Waals surface area contributed by atoms with E-state index < -0.39 is 24.0 Å². The van der Waals surface area contributed by atoms with E-state index >= 15 is 0 Å². The Balaban J connectivity index is 0.000000320. The molecule has 252 valence electrons. The Morgan fingerprint density at radius 3 is 1.13 bits per heavy atom. The third-order valence-electron chi connectivity index (χ3n) is 9.94. The molecule has 0 saturated heterocycles. The van der Waals surface area contributed by atoms with E-state index in [2.05, 4.69) is 38.3 Å². The molecule has 0 aliphatic heterocycles. The van der Waals surface area contributed by atoms with Crippen molar-refractivity contribution in [3.8, 4) is 0 Å². The van der Waals surface area contributed by atoms with Crippen LogP contribution in [0.2, 0.25) is 0 Å². The normalized spacial score (nSPS) is 22.1. The van der Waals surface area contributed by atoms with Gasteiger partial charge >= 0.3 is 23.1 Å². The molecule has 2 N–H and O–H groups in total. The van der Waals surface area contributed by atoms with Crippen LogP contribution in [0, 0.1) is 35.5 Å². The Labute approximate surface area is 297 Å². The first-order valence-electron chi connectivity index (χ1n) is 17.0. The van der Waals surface area contributed by atoms with Crippen molar-refractivity contribution in [1.29, 1.82) is 0 Å². The molecule has 0 heterocycles. The Morgan fingerprint density at radius 2 is 0.872 bits per heavy atom. The maximum Gasteiger partial charge on any atom is 2.00 e. The standard InChI is InChI=1S/2C19H27NO3.Mg/c2*1-13(2)15-8-10-16(11-9-15)18(21)20-17(19(22)23)12-14-6-4-3-5-7-14;/h2*3-7,13,15-17H,8-12H2,1-2H3,(H,20,21)(H,22,23);/q;;+2/p-2/t2*15?,16?,17-;/m11./s1. The molecule has 2 aliphatic rings. The zero-order valence-corrected chi connectivity index (χ0v) is 30.0. The van der Waals surface area contributed by atoms with Gasteiger partial charge in [0.05, 0.1) is 24.0 Å². The van der Waals surface area contributed by atoms with E-state index in [1.165, 1.54) is 0 Å². The molecular formula is C38H52MgN2O6. The van der Waals surface area contributed by atoms with E-state index in [1.54, 1.807) is 0 Å². The Hall–Kier alpha value is -2.91. The summed E-state index contributed by atoms with van der Waals surface area (Å²) in [7, 11) is 0. The zero-order chi connectivity index (χ0) is 33.6. The maximum absolute atomic E-state index is 12.4. The van der Waals surface area contributed by atoms with E-state index in [1.807, 2.05) is 60.7 Å². The first-order valence-corrected chi connectivity index (χ1v) is 17.0. The average Bonchev–Trinajstić information content (AvgIpc) is 3.05. The van der Waals surface area contributed by atoms with Gasteiger partial charge in [0.1, 0.15) is 0 Å². The van der Waals surface area contributed by atoms with Gasteiger partial charge in [-0.2, -0.15) is 0 Å². The summed E-state index contributed by atoms with van der Waals surface area (Å²) in [5.41, 5.74) is 1.76. The van der Waals surface area contributed by atoms with Crippen LogP contribution in [0.15, 0.2) is 60.7 Å². The summed E-state index contributed by atoms with van der Waals surface area (Å²) < 4.78 is 0. The molecule has 2 amide bonds. The van der Waals surface area contributed by atoms with Gasteiger partial charge in [-0.3, -0.25) is 9.59 Å². The molecule has 2 saturated carbocycles. The fraction of sp³-hybridized carbons (Fsp3) is 0.579. The van der Waals surface area contributed by atoms with E-state index in [4.69, 9.17) is 0 Å². The summed E-state index contributed by atoms with van der Waals surface area (Å²) in [6, 6.07) is 16.7. The van der Waals surface area contributed by atoms with Crippen molar-refractivity contribution >= 4 is 46.8 Å². The molecule has 0 radical (unpaired) electrons. The second-order valence-electron chi connectivity index (χ2n) is 13.9. The number of aliphatic carboxylic acids is 2. The minimum Gasteiger partial charge on any atom is -0.548 e. The quantitative estimate of drug-likeness (QED) is 0.336. The molecular weight excluding hydrogens is 605 g/mol. The van der Waals surface area contributed by atoms with Crippen LogP contribution in [0.5, 0.6) is 0 Å². The van der Waals surface area contributed by atoms with Gasteiger partial charge in [-0.25, -0.2) is 0 Å². The second kappa shape index (κ2) is 20.5. The van der Waals surface area contributed by atoms with Crippen LogP contribution in [-0.4, -0.2) is 58.9 Å². The van der Waals surface area contributed by atoms with Crippen LogP contribution in [0.25, 0.3) is 0 Å². The summed E-state index contributed by atoms with van der Waals surface area (Å²) in [6.45, 7) is 8.88. The fourth-order valence-electron chi connectivity index (χ4n) is 6.76. The number of carboxylic acids is 2. The molecule has 0 spiro atoms. The van der Waals surface area contributed by atoms with Gasteiger partial charge in [0.2, 0.25) is 11.8 Å². The first-order chi connectivity index (χ1) is 21.9. The molecule has 0 bridgehead atoms. The number of rotatable bonds is 12. The molecule has 2 fully saturated rings. The Bertz CT molecular complexity index is 1140. The number of hydrogen-bond donors (Lipinski definition) is 2. The molecule has 47 heavy (non-hydrogen) atoms. The number of benzene rings is 2. The van der Waals surface area contributed by atoms with Gasteiger partial charge in [-0.05, 0) is 99.0 Å². The fourth-order valence-corrected chi connectivity index (χ4v) is 6.76. The predicted molar refractivity (Wildman–Crippen MR) is 180 cm³/mol. The van der Waals surface area contributed by atoms with Crippen molar-refractivity contribution in [2.75, 3.05) is 0 Å². The predicted octanol–water partition coefficient (Wildman–Crippen LogP) is 3.47. The third-order valence-corrected chi connectivity index (χ3v) is 9.94. The van der Waals surface area contributed by atoms with Crippen molar-refractivity contribution in [3.05, 3.63) is 71.8 Å². The van der Waals surface area contributed by atoms with Crippen molar-refractivity contribution < 1.29 is 29.4 Å². The number of nitrogens with one attached hydrogen (secondary N) is 2. The van der Waals surface area contributed by atoms with Crippen molar-refractivity contribution in [2.45, 2.75) is 104 Å². The molecule has 2 aliphatic carbocycles. The number of carbonyl (C=O) groups is 4. The van der Waals surface area contributed by atoms with Gasteiger partial charge < -0.3 is 30.4 Å². The molecule has 0 unspecified atom stereocenters. The van der Waals surface area contributed by atoms with Gasteiger partial charge in [0.25, 0.3) is 0 Å². The van der Waals surface area contributed by atoms with Crippen LogP contribution in [0.3, 0.4) is 0 Å². The summed E-state index contributed by atoms with van der Waals surface area (Å²) in [5.74, 6) is -0.210. The smallest absolute Gasteiger partial charge is 0.548 e. The summed E-state index contributed by atoms with van der Waals surface area (Å²) >= 11 is 0. The van der Waals surface area contributed by atoms with Gasteiger partial charge in [-0.1, -0.05) is 88.4 Å². The maximum atomic E-state index is 12.4. The zero-order valence-electron chi connectivity index (χ0n) is 28.6. The van der Waals surface area contributed by atoms with Crippen LogP contribution >= 0.6 is 0 Å². The monoisotopic (exact) mass is 656 g/mol. The number of hydrogen-bond acceptors (Lipinski definition) is 6. The van der Waals surface area contributed by atoms with E-state index in [-0.39, 0.29) is 59.5 Å². The van der Waals surface area contributed by atoms with E-state index in [0.717, 1.165) is 62.5 Å². The summed E-state index contributed by atoms with van der Waals surface area (Å²) in [6.07, 6.45) is 8.09. The second-order valence-corrected chi connectivity index (χ2v) is 13.9. The van der Waals surface area contributed by atoms with Crippen molar-refractivity contribution in [2.24, 2.45) is 35.5 Å².